The highest BCUT2D eigenvalue weighted by Crippen LogP contribution is 2.29. The van der Waals surface area contributed by atoms with Gasteiger partial charge in [0.25, 0.3) is 0 Å². The Bertz CT molecular complexity index is 599. The van der Waals surface area contributed by atoms with Crippen molar-refractivity contribution in [3.63, 3.8) is 0 Å². The molecule has 2 aromatic rings. The average Bonchev–Trinajstić information content (AvgIpc) is 3.11. The lowest BCUT2D eigenvalue weighted by atomic mass is 9.98. The molecule has 0 bridgehead atoms. The van der Waals surface area contributed by atoms with Crippen LogP contribution >= 0.6 is 0 Å². The minimum absolute atomic E-state index is 0.566. The summed E-state index contributed by atoms with van der Waals surface area (Å²) in [6.45, 7) is 4.43. The molecule has 0 spiro atoms. The van der Waals surface area contributed by atoms with E-state index in [1.54, 1.807) is 0 Å². The van der Waals surface area contributed by atoms with Crippen molar-refractivity contribution in [3.05, 3.63) is 47.5 Å². The van der Waals surface area contributed by atoms with Crippen molar-refractivity contribution in [3.8, 4) is 0 Å². The second kappa shape index (κ2) is 5.60. The molecule has 0 radical (unpaired) electrons. The van der Waals surface area contributed by atoms with E-state index in [2.05, 4.69) is 50.0 Å². The fourth-order valence-electron chi connectivity index (χ4n) is 3.62. The second-order valence-corrected chi connectivity index (χ2v) is 6.29. The molecule has 21 heavy (non-hydrogen) atoms. The zero-order chi connectivity index (χ0) is 14.1. The average molecular weight is 282 g/mol. The molecule has 1 saturated heterocycles. The largest absolute Gasteiger partial charge is 0.313 e. The van der Waals surface area contributed by atoms with E-state index in [0.717, 1.165) is 31.2 Å². The van der Waals surface area contributed by atoms with Crippen LogP contribution in [0.3, 0.4) is 0 Å². The van der Waals surface area contributed by atoms with E-state index in [1.807, 2.05) is 0 Å². The Kier molecular flexibility index (Phi) is 3.47. The van der Waals surface area contributed by atoms with Crippen LogP contribution in [-0.2, 0) is 19.5 Å². The van der Waals surface area contributed by atoms with Gasteiger partial charge in [-0.3, -0.25) is 4.90 Å². The van der Waals surface area contributed by atoms with Crippen LogP contribution in [0, 0.1) is 0 Å². The van der Waals surface area contributed by atoms with Crippen molar-refractivity contribution >= 4 is 0 Å². The molecule has 1 unspecified atom stereocenters. The first kappa shape index (κ1) is 13.0. The minimum atomic E-state index is 0.566. The minimum Gasteiger partial charge on any atom is -0.313 e. The lowest BCUT2D eigenvalue weighted by Crippen LogP contribution is -2.30. The zero-order valence-corrected chi connectivity index (χ0v) is 12.4. The lowest BCUT2D eigenvalue weighted by molar-refractivity contribution is 0.213. The van der Waals surface area contributed by atoms with Gasteiger partial charge in [-0.1, -0.05) is 36.8 Å². The molecule has 2 aliphatic rings. The third kappa shape index (κ3) is 2.60. The zero-order valence-electron chi connectivity index (χ0n) is 12.4. The standard InChI is InChI=1S/C17H22N4/c1-3-7-14(8-4-1)15-11-16-18-19-17(21(16)12-15)13-20-9-5-2-6-10-20/h1,3-4,7-8,15H,2,5-6,9-13H2. The van der Waals surface area contributed by atoms with Gasteiger partial charge in [-0.05, 0) is 31.5 Å². The number of rotatable bonds is 3. The Morgan fingerprint density at radius 2 is 1.81 bits per heavy atom. The number of nitrogens with zero attached hydrogens (tertiary/aromatic N) is 4. The van der Waals surface area contributed by atoms with Gasteiger partial charge >= 0.3 is 0 Å². The summed E-state index contributed by atoms with van der Waals surface area (Å²) < 4.78 is 2.35. The van der Waals surface area contributed by atoms with Crippen LogP contribution in [0.25, 0.3) is 0 Å². The molecule has 4 heteroatoms. The van der Waals surface area contributed by atoms with Crippen LogP contribution in [0.4, 0.5) is 0 Å². The van der Waals surface area contributed by atoms with Crippen molar-refractivity contribution in [2.24, 2.45) is 0 Å². The summed E-state index contributed by atoms with van der Waals surface area (Å²) in [6.07, 6.45) is 5.06. The molecule has 0 saturated carbocycles. The molecule has 0 amide bonds. The van der Waals surface area contributed by atoms with E-state index in [0.29, 0.717) is 5.92 Å². The Labute approximate surface area is 125 Å². The topological polar surface area (TPSA) is 34.0 Å². The van der Waals surface area contributed by atoms with Gasteiger partial charge in [0, 0.05) is 18.9 Å². The number of hydrogen-bond donors (Lipinski definition) is 0. The van der Waals surface area contributed by atoms with Gasteiger partial charge in [0.05, 0.1) is 6.54 Å². The second-order valence-electron chi connectivity index (χ2n) is 6.29. The molecule has 4 nitrogen and oxygen atoms in total. The first-order valence-corrected chi connectivity index (χ1v) is 8.08. The molecule has 1 aromatic carbocycles. The predicted octanol–water partition coefficient (Wildman–Crippen LogP) is 2.60. The quantitative estimate of drug-likeness (QED) is 0.868. The number of likely N-dealkylation sites (tertiary alicyclic amines) is 1. The van der Waals surface area contributed by atoms with Gasteiger partial charge < -0.3 is 4.57 Å². The molecule has 3 heterocycles. The predicted molar refractivity (Wildman–Crippen MR) is 82.0 cm³/mol. The maximum atomic E-state index is 4.43. The fraction of sp³-hybridized carbons (Fsp3) is 0.529. The van der Waals surface area contributed by atoms with Gasteiger partial charge in [0.2, 0.25) is 0 Å². The van der Waals surface area contributed by atoms with Crippen LogP contribution in [0.5, 0.6) is 0 Å². The molecule has 1 aromatic heterocycles. The molecule has 4 rings (SSSR count). The molecular weight excluding hydrogens is 260 g/mol. The third-order valence-corrected chi connectivity index (χ3v) is 4.82. The molecule has 110 valence electrons. The van der Waals surface area contributed by atoms with Crippen molar-refractivity contribution in [1.82, 2.24) is 19.7 Å². The van der Waals surface area contributed by atoms with E-state index in [-0.39, 0.29) is 0 Å². The number of piperidine rings is 1. The van der Waals surface area contributed by atoms with Gasteiger partial charge in [-0.25, -0.2) is 0 Å². The summed E-state index contributed by atoms with van der Waals surface area (Å²) in [6, 6.07) is 10.8. The summed E-state index contributed by atoms with van der Waals surface area (Å²) in [5, 5.41) is 8.86. The summed E-state index contributed by atoms with van der Waals surface area (Å²) in [4.78, 5) is 2.52. The van der Waals surface area contributed by atoms with E-state index in [9.17, 15) is 0 Å². The van der Waals surface area contributed by atoms with E-state index in [1.165, 1.54) is 37.9 Å². The van der Waals surface area contributed by atoms with Gasteiger partial charge in [-0.15, -0.1) is 10.2 Å². The van der Waals surface area contributed by atoms with Crippen molar-refractivity contribution in [2.45, 2.75) is 44.7 Å². The Morgan fingerprint density at radius 3 is 2.62 bits per heavy atom. The van der Waals surface area contributed by atoms with Gasteiger partial charge in [-0.2, -0.15) is 0 Å². The van der Waals surface area contributed by atoms with Crippen LogP contribution in [0.1, 0.15) is 42.4 Å². The Balaban J connectivity index is 1.49. The van der Waals surface area contributed by atoms with Crippen LogP contribution in [0.2, 0.25) is 0 Å². The summed E-state index contributed by atoms with van der Waals surface area (Å²) in [7, 11) is 0. The van der Waals surface area contributed by atoms with Crippen molar-refractivity contribution in [1.29, 1.82) is 0 Å². The normalized spacial score (nSPS) is 22.4. The Hall–Kier alpha value is -1.68. The number of benzene rings is 1. The van der Waals surface area contributed by atoms with E-state index < -0.39 is 0 Å². The number of fused-ring (bicyclic) bond motifs is 1. The van der Waals surface area contributed by atoms with Crippen LogP contribution < -0.4 is 0 Å². The molecule has 1 atom stereocenters. The highest BCUT2D eigenvalue weighted by atomic mass is 15.3. The van der Waals surface area contributed by atoms with Crippen LogP contribution in [0.15, 0.2) is 30.3 Å². The lowest BCUT2D eigenvalue weighted by Gasteiger charge is -2.25. The smallest absolute Gasteiger partial charge is 0.147 e. The van der Waals surface area contributed by atoms with E-state index in [4.69, 9.17) is 0 Å². The van der Waals surface area contributed by atoms with Crippen molar-refractivity contribution in [2.75, 3.05) is 13.1 Å². The first-order chi connectivity index (χ1) is 10.4. The highest BCUT2D eigenvalue weighted by Gasteiger charge is 2.27. The van der Waals surface area contributed by atoms with Crippen molar-refractivity contribution < 1.29 is 0 Å². The summed E-state index contributed by atoms with van der Waals surface area (Å²) >= 11 is 0. The third-order valence-electron chi connectivity index (χ3n) is 4.82. The van der Waals surface area contributed by atoms with Gasteiger partial charge in [0.1, 0.15) is 11.6 Å². The SMILES string of the molecule is c1ccc(C2Cc3nnc(CN4CCCCC4)n3C2)cc1. The monoisotopic (exact) mass is 282 g/mol. The van der Waals surface area contributed by atoms with Gasteiger partial charge in [0.15, 0.2) is 0 Å². The molecular formula is C17H22N4. The first-order valence-electron chi connectivity index (χ1n) is 8.08. The molecule has 0 N–H and O–H groups in total. The maximum Gasteiger partial charge on any atom is 0.147 e. The molecule has 0 aliphatic carbocycles. The molecule has 2 aliphatic heterocycles. The number of aromatic nitrogens is 3. The molecule has 1 fully saturated rings. The summed E-state index contributed by atoms with van der Waals surface area (Å²) in [5.74, 6) is 2.89. The highest BCUT2D eigenvalue weighted by molar-refractivity contribution is 5.23. The number of hydrogen-bond acceptors (Lipinski definition) is 3. The Morgan fingerprint density at radius 1 is 1.00 bits per heavy atom. The van der Waals surface area contributed by atoms with Crippen LogP contribution in [-0.4, -0.2) is 32.8 Å². The fourth-order valence-corrected chi connectivity index (χ4v) is 3.62. The maximum absolute atomic E-state index is 4.43. The summed E-state index contributed by atoms with van der Waals surface area (Å²) in [5.41, 5.74) is 1.42. The van der Waals surface area contributed by atoms with E-state index >= 15 is 0 Å².